The first-order valence-corrected chi connectivity index (χ1v) is 8.30. The summed E-state index contributed by atoms with van der Waals surface area (Å²) in [6, 6.07) is 6.24. The predicted molar refractivity (Wildman–Crippen MR) is 87.1 cm³/mol. The molecule has 0 heterocycles. The smallest absolute Gasteiger partial charge is 0.320 e. The molecule has 0 atom stereocenters. The van der Waals surface area contributed by atoms with Gasteiger partial charge in [-0.2, -0.15) is 0 Å². The second-order valence-electron chi connectivity index (χ2n) is 5.18. The number of ether oxygens (including phenoxy) is 3. The molecule has 134 valence electrons. The fourth-order valence-corrected chi connectivity index (χ4v) is 2.19. The van der Waals surface area contributed by atoms with E-state index in [1.165, 1.54) is 6.07 Å². The SMILES string of the molecule is CCOC(=O)C(CCCCCOc1ccccc1F)C(=O)OCC. The Balaban J connectivity index is 2.30. The minimum atomic E-state index is -0.877. The summed E-state index contributed by atoms with van der Waals surface area (Å²) in [5.74, 6) is -2.12. The number of hydrogen-bond acceptors (Lipinski definition) is 5. The van der Waals surface area contributed by atoms with Gasteiger partial charge in [-0.05, 0) is 38.8 Å². The maximum Gasteiger partial charge on any atom is 0.320 e. The molecule has 1 aromatic rings. The normalized spacial score (nSPS) is 10.5. The summed E-state index contributed by atoms with van der Waals surface area (Å²) in [5.41, 5.74) is 0. The van der Waals surface area contributed by atoms with Crippen LogP contribution in [0.25, 0.3) is 0 Å². The molecule has 0 saturated heterocycles. The van der Waals surface area contributed by atoms with Gasteiger partial charge in [0.15, 0.2) is 17.5 Å². The summed E-state index contributed by atoms with van der Waals surface area (Å²) < 4.78 is 28.6. The monoisotopic (exact) mass is 340 g/mol. The zero-order valence-electron chi connectivity index (χ0n) is 14.3. The summed E-state index contributed by atoms with van der Waals surface area (Å²) in [6.07, 6.45) is 2.48. The predicted octanol–water partition coefficient (Wildman–Crippen LogP) is 3.51. The van der Waals surface area contributed by atoms with Crippen LogP contribution in [0.15, 0.2) is 24.3 Å². The maximum absolute atomic E-state index is 13.4. The summed E-state index contributed by atoms with van der Waals surface area (Å²) >= 11 is 0. The third kappa shape index (κ3) is 6.98. The number of unbranched alkanes of at least 4 members (excludes halogenated alkanes) is 2. The van der Waals surface area contributed by atoms with Gasteiger partial charge in [-0.3, -0.25) is 9.59 Å². The van der Waals surface area contributed by atoms with Gasteiger partial charge in [0.2, 0.25) is 0 Å². The molecule has 1 rings (SSSR count). The van der Waals surface area contributed by atoms with Gasteiger partial charge in [-0.25, -0.2) is 4.39 Å². The van der Waals surface area contributed by atoms with Crippen LogP contribution in [0.1, 0.15) is 39.5 Å². The number of benzene rings is 1. The van der Waals surface area contributed by atoms with Crippen LogP contribution >= 0.6 is 0 Å². The van der Waals surface area contributed by atoms with Crippen molar-refractivity contribution in [2.75, 3.05) is 19.8 Å². The summed E-state index contributed by atoms with van der Waals surface area (Å²) in [5, 5.41) is 0. The minimum absolute atomic E-state index is 0.227. The maximum atomic E-state index is 13.4. The van der Waals surface area contributed by atoms with E-state index in [1.54, 1.807) is 32.0 Å². The fraction of sp³-hybridized carbons (Fsp3) is 0.556. The van der Waals surface area contributed by atoms with Crippen molar-refractivity contribution in [1.29, 1.82) is 0 Å². The molecule has 0 unspecified atom stereocenters. The highest BCUT2D eigenvalue weighted by atomic mass is 19.1. The molecule has 0 bridgehead atoms. The zero-order chi connectivity index (χ0) is 17.8. The molecular formula is C18H25FO5. The van der Waals surface area contributed by atoms with E-state index in [1.807, 2.05) is 0 Å². The Morgan fingerprint density at radius 3 is 2.21 bits per heavy atom. The lowest BCUT2D eigenvalue weighted by Crippen LogP contribution is -2.28. The van der Waals surface area contributed by atoms with Crippen molar-refractivity contribution in [2.24, 2.45) is 5.92 Å². The number of rotatable bonds is 11. The van der Waals surface area contributed by atoms with Crippen molar-refractivity contribution < 1.29 is 28.2 Å². The van der Waals surface area contributed by atoms with Gasteiger partial charge in [0.25, 0.3) is 0 Å². The highest BCUT2D eigenvalue weighted by Crippen LogP contribution is 2.17. The van der Waals surface area contributed by atoms with Crippen LogP contribution in [0.5, 0.6) is 5.75 Å². The van der Waals surface area contributed by atoms with Gasteiger partial charge in [0.05, 0.1) is 19.8 Å². The molecule has 0 aliphatic heterocycles. The number of para-hydroxylation sites is 1. The molecule has 1 aromatic carbocycles. The number of halogens is 1. The topological polar surface area (TPSA) is 61.8 Å². The van der Waals surface area contributed by atoms with E-state index in [0.29, 0.717) is 25.9 Å². The van der Waals surface area contributed by atoms with Crippen molar-refractivity contribution in [3.05, 3.63) is 30.1 Å². The van der Waals surface area contributed by atoms with Gasteiger partial charge in [-0.1, -0.05) is 25.0 Å². The fourth-order valence-electron chi connectivity index (χ4n) is 2.19. The lowest BCUT2D eigenvalue weighted by molar-refractivity contribution is -0.161. The van der Waals surface area contributed by atoms with Crippen LogP contribution in [-0.2, 0) is 19.1 Å². The average Bonchev–Trinajstić information content (AvgIpc) is 2.56. The van der Waals surface area contributed by atoms with Crippen molar-refractivity contribution in [2.45, 2.75) is 39.5 Å². The second kappa shape index (κ2) is 11.4. The molecule has 5 nitrogen and oxygen atoms in total. The minimum Gasteiger partial charge on any atom is -0.491 e. The second-order valence-corrected chi connectivity index (χ2v) is 5.18. The Morgan fingerprint density at radius 1 is 1.00 bits per heavy atom. The molecule has 0 aliphatic rings. The Bertz CT molecular complexity index is 500. The number of esters is 2. The first-order chi connectivity index (χ1) is 11.6. The third-order valence-electron chi connectivity index (χ3n) is 3.37. The van der Waals surface area contributed by atoms with E-state index in [2.05, 4.69) is 0 Å². The molecule has 0 amide bonds. The van der Waals surface area contributed by atoms with Gasteiger partial charge < -0.3 is 14.2 Å². The van der Waals surface area contributed by atoms with Crippen LogP contribution in [0.4, 0.5) is 4.39 Å². The molecule has 6 heteroatoms. The van der Waals surface area contributed by atoms with Gasteiger partial charge >= 0.3 is 11.9 Å². The summed E-state index contributed by atoms with van der Waals surface area (Å²) in [4.78, 5) is 23.6. The molecule has 0 fully saturated rings. The van der Waals surface area contributed by atoms with E-state index in [9.17, 15) is 14.0 Å². The number of carbonyl (C=O) groups is 2. The molecule has 0 saturated carbocycles. The lowest BCUT2D eigenvalue weighted by atomic mass is 10.0. The largest absolute Gasteiger partial charge is 0.491 e. The Labute approximate surface area is 142 Å². The van der Waals surface area contributed by atoms with Gasteiger partial charge in [-0.15, -0.1) is 0 Å². The first kappa shape index (κ1) is 19.9. The van der Waals surface area contributed by atoms with Crippen LogP contribution in [0.2, 0.25) is 0 Å². The van der Waals surface area contributed by atoms with Gasteiger partial charge in [0, 0.05) is 0 Å². The van der Waals surface area contributed by atoms with Crippen LogP contribution in [-0.4, -0.2) is 31.8 Å². The number of hydrogen-bond donors (Lipinski definition) is 0. The quantitative estimate of drug-likeness (QED) is 0.350. The standard InChI is InChI=1S/C18H25FO5/c1-3-22-17(20)14(18(21)23-4-2)10-6-5-9-13-24-16-12-8-7-11-15(16)19/h7-8,11-12,14H,3-6,9-10,13H2,1-2H3. The molecule has 0 aliphatic carbocycles. The van der Waals surface area contributed by atoms with E-state index in [0.717, 1.165) is 6.42 Å². The first-order valence-electron chi connectivity index (χ1n) is 8.30. The summed E-state index contributed by atoms with van der Waals surface area (Å²) in [6.45, 7) is 4.22. The average molecular weight is 340 g/mol. The Kier molecular flexibility index (Phi) is 9.49. The molecule has 0 N–H and O–H groups in total. The molecule has 0 spiro atoms. The van der Waals surface area contributed by atoms with Crippen molar-refractivity contribution in [1.82, 2.24) is 0 Å². The van der Waals surface area contributed by atoms with E-state index in [-0.39, 0.29) is 24.8 Å². The van der Waals surface area contributed by atoms with E-state index < -0.39 is 17.9 Å². The van der Waals surface area contributed by atoms with E-state index >= 15 is 0 Å². The highest BCUT2D eigenvalue weighted by molar-refractivity contribution is 5.94. The van der Waals surface area contributed by atoms with Crippen LogP contribution < -0.4 is 4.74 Å². The van der Waals surface area contributed by atoms with Gasteiger partial charge in [0.1, 0.15) is 0 Å². The van der Waals surface area contributed by atoms with Crippen molar-refractivity contribution in [3.8, 4) is 5.75 Å². The molecule has 0 aromatic heterocycles. The van der Waals surface area contributed by atoms with E-state index in [4.69, 9.17) is 14.2 Å². The van der Waals surface area contributed by atoms with Crippen molar-refractivity contribution in [3.63, 3.8) is 0 Å². The number of carbonyl (C=O) groups excluding carboxylic acids is 2. The van der Waals surface area contributed by atoms with Crippen LogP contribution in [0.3, 0.4) is 0 Å². The zero-order valence-corrected chi connectivity index (χ0v) is 14.3. The summed E-state index contributed by atoms with van der Waals surface area (Å²) in [7, 11) is 0. The molecular weight excluding hydrogens is 315 g/mol. The lowest BCUT2D eigenvalue weighted by Gasteiger charge is -2.14. The molecule has 0 radical (unpaired) electrons. The van der Waals surface area contributed by atoms with Crippen molar-refractivity contribution >= 4 is 11.9 Å². The molecule has 24 heavy (non-hydrogen) atoms. The van der Waals surface area contributed by atoms with Crippen LogP contribution in [0, 0.1) is 11.7 Å². The Morgan fingerprint density at radius 2 is 1.62 bits per heavy atom. The third-order valence-corrected chi connectivity index (χ3v) is 3.37. The Hall–Kier alpha value is -2.11. The highest BCUT2D eigenvalue weighted by Gasteiger charge is 2.28.